The second-order valence-electron chi connectivity index (χ2n) is 7.04. The minimum absolute atomic E-state index is 0. The third-order valence-corrected chi connectivity index (χ3v) is 5.90. The molecule has 1 N–H and O–H groups in total. The Morgan fingerprint density at radius 1 is 1.26 bits per heavy atom. The van der Waals surface area contributed by atoms with E-state index >= 15 is 0 Å². The normalized spacial score (nSPS) is 15.4. The lowest BCUT2D eigenvalue weighted by molar-refractivity contribution is 0.259. The number of nitrogens with one attached hydrogen (secondary N) is 1. The molecule has 0 spiro atoms. The van der Waals surface area contributed by atoms with Crippen LogP contribution in [0.15, 0.2) is 40.7 Å². The molecule has 0 atom stereocenters. The van der Waals surface area contributed by atoms with E-state index in [1.807, 2.05) is 26.0 Å². The molecule has 2 heterocycles. The summed E-state index contributed by atoms with van der Waals surface area (Å²) in [5, 5.41) is 6.63. The molecule has 2 aromatic rings. The fourth-order valence-corrected chi connectivity index (χ4v) is 4.14. The SMILES string of the molecule is CN=C(NCc1csc(N(C)C)n1)N1CCC(Cc2ccccc2)CC1.I. The van der Waals surface area contributed by atoms with Gasteiger partial charge in [-0.3, -0.25) is 4.99 Å². The van der Waals surface area contributed by atoms with Crippen LogP contribution < -0.4 is 10.2 Å². The lowest BCUT2D eigenvalue weighted by Gasteiger charge is -2.34. The molecule has 27 heavy (non-hydrogen) atoms. The number of aromatic nitrogens is 1. The van der Waals surface area contributed by atoms with Crippen LogP contribution >= 0.6 is 35.3 Å². The van der Waals surface area contributed by atoms with E-state index in [9.17, 15) is 0 Å². The summed E-state index contributed by atoms with van der Waals surface area (Å²) in [5.41, 5.74) is 2.52. The Labute approximate surface area is 183 Å². The maximum absolute atomic E-state index is 4.63. The van der Waals surface area contributed by atoms with Crippen LogP contribution in [0.2, 0.25) is 0 Å². The van der Waals surface area contributed by atoms with Crippen molar-refractivity contribution < 1.29 is 0 Å². The van der Waals surface area contributed by atoms with Gasteiger partial charge in [-0.05, 0) is 30.7 Å². The molecule has 1 aromatic carbocycles. The number of hydrogen-bond acceptors (Lipinski definition) is 4. The van der Waals surface area contributed by atoms with Crippen LogP contribution in [-0.4, -0.2) is 50.1 Å². The van der Waals surface area contributed by atoms with Gasteiger partial charge >= 0.3 is 0 Å². The summed E-state index contributed by atoms with van der Waals surface area (Å²) in [6.07, 6.45) is 3.63. The Kier molecular flexibility index (Phi) is 8.82. The summed E-state index contributed by atoms with van der Waals surface area (Å²) >= 11 is 1.67. The molecule has 0 aliphatic carbocycles. The van der Waals surface area contributed by atoms with Crippen molar-refractivity contribution >= 4 is 46.4 Å². The number of likely N-dealkylation sites (tertiary alicyclic amines) is 1. The lowest BCUT2D eigenvalue weighted by Crippen LogP contribution is -2.45. The monoisotopic (exact) mass is 499 g/mol. The van der Waals surface area contributed by atoms with Crippen LogP contribution in [0, 0.1) is 5.92 Å². The molecule has 1 fully saturated rings. The van der Waals surface area contributed by atoms with E-state index in [0.29, 0.717) is 0 Å². The van der Waals surface area contributed by atoms with Gasteiger partial charge in [-0.1, -0.05) is 30.3 Å². The van der Waals surface area contributed by atoms with Gasteiger partial charge in [-0.25, -0.2) is 4.98 Å². The van der Waals surface area contributed by atoms with Crippen LogP contribution in [0.25, 0.3) is 0 Å². The van der Waals surface area contributed by atoms with Crippen molar-refractivity contribution in [2.45, 2.75) is 25.8 Å². The van der Waals surface area contributed by atoms with E-state index in [1.54, 1.807) is 11.3 Å². The highest BCUT2D eigenvalue weighted by molar-refractivity contribution is 14.0. The first-order chi connectivity index (χ1) is 12.7. The van der Waals surface area contributed by atoms with Crippen molar-refractivity contribution in [3.05, 3.63) is 47.0 Å². The number of guanidine groups is 1. The molecular weight excluding hydrogens is 469 g/mol. The minimum Gasteiger partial charge on any atom is -0.354 e. The third kappa shape index (κ3) is 6.34. The molecule has 0 saturated carbocycles. The number of anilines is 1. The van der Waals surface area contributed by atoms with Gasteiger partial charge in [0.15, 0.2) is 11.1 Å². The molecule has 5 nitrogen and oxygen atoms in total. The van der Waals surface area contributed by atoms with Gasteiger partial charge < -0.3 is 15.1 Å². The molecule has 148 valence electrons. The van der Waals surface area contributed by atoms with Crippen LogP contribution in [0.5, 0.6) is 0 Å². The first-order valence-electron chi connectivity index (χ1n) is 9.27. The molecule has 1 aliphatic heterocycles. The average molecular weight is 499 g/mol. The van der Waals surface area contributed by atoms with Gasteiger partial charge in [0.1, 0.15) is 0 Å². The molecule has 1 aliphatic rings. The molecular formula is C20H30IN5S. The topological polar surface area (TPSA) is 43.8 Å². The highest BCUT2D eigenvalue weighted by Gasteiger charge is 2.21. The first-order valence-corrected chi connectivity index (χ1v) is 10.1. The summed E-state index contributed by atoms with van der Waals surface area (Å²) in [4.78, 5) is 13.5. The third-order valence-electron chi connectivity index (χ3n) is 4.84. The van der Waals surface area contributed by atoms with Gasteiger partial charge in [-0.15, -0.1) is 35.3 Å². The number of rotatable bonds is 5. The molecule has 0 amide bonds. The number of aliphatic imine (C=N–C) groups is 1. The zero-order valence-electron chi connectivity index (χ0n) is 16.4. The van der Waals surface area contributed by atoms with E-state index in [2.05, 4.69) is 55.9 Å². The van der Waals surface area contributed by atoms with Crippen LogP contribution in [0.1, 0.15) is 24.1 Å². The number of halogens is 1. The zero-order chi connectivity index (χ0) is 18.4. The van der Waals surface area contributed by atoms with E-state index in [0.717, 1.165) is 42.3 Å². The van der Waals surface area contributed by atoms with Crippen molar-refractivity contribution in [1.82, 2.24) is 15.2 Å². The van der Waals surface area contributed by atoms with E-state index < -0.39 is 0 Å². The largest absolute Gasteiger partial charge is 0.354 e. The Balaban J connectivity index is 0.00000261. The molecule has 7 heteroatoms. The lowest BCUT2D eigenvalue weighted by atomic mass is 9.90. The summed E-state index contributed by atoms with van der Waals surface area (Å²) in [6, 6.07) is 10.8. The number of thiazole rings is 1. The quantitative estimate of drug-likeness (QED) is 0.386. The number of nitrogens with zero attached hydrogens (tertiary/aromatic N) is 4. The maximum Gasteiger partial charge on any atom is 0.193 e. The standard InChI is InChI=1S/C20H29N5S.HI/c1-21-19(22-14-18-15-26-20(23-18)24(2)3)25-11-9-17(10-12-25)13-16-7-5-4-6-8-16;/h4-8,15,17H,9-14H2,1-3H3,(H,21,22);1H. The second kappa shape index (κ2) is 10.8. The van der Waals surface area contributed by atoms with Crippen LogP contribution in [-0.2, 0) is 13.0 Å². The molecule has 0 radical (unpaired) electrons. The van der Waals surface area contributed by atoms with E-state index in [1.165, 1.54) is 24.8 Å². The van der Waals surface area contributed by atoms with Crippen molar-refractivity contribution in [3.8, 4) is 0 Å². The molecule has 0 bridgehead atoms. The molecule has 1 aromatic heterocycles. The van der Waals surface area contributed by atoms with Crippen molar-refractivity contribution in [2.75, 3.05) is 39.1 Å². The number of benzene rings is 1. The van der Waals surface area contributed by atoms with E-state index in [-0.39, 0.29) is 24.0 Å². The van der Waals surface area contributed by atoms with Crippen molar-refractivity contribution in [2.24, 2.45) is 10.9 Å². The predicted octanol–water partition coefficient (Wildman–Crippen LogP) is 3.86. The minimum atomic E-state index is 0. The number of hydrogen-bond donors (Lipinski definition) is 1. The van der Waals surface area contributed by atoms with Gasteiger partial charge in [0.25, 0.3) is 0 Å². The Morgan fingerprint density at radius 2 is 1.96 bits per heavy atom. The van der Waals surface area contributed by atoms with Crippen molar-refractivity contribution in [3.63, 3.8) is 0 Å². The highest BCUT2D eigenvalue weighted by atomic mass is 127. The van der Waals surface area contributed by atoms with Gasteiger partial charge in [0.05, 0.1) is 12.2 Å². The van der Waals surface area contributed by atoms with Gasteiger partial charge in [0, 0.05) is 39.6 Å². The van der Waals surface area contributed by atoms with Crippen LogP contribution in [0.3, 0.4) is 0 Å². The summed E-state index contributed by atoms with van der Waals surface area (Å²) in [5.74, 6) is 1.76. The summed E-state index contributed by atoms with van der Waals surface area (Å²) < 4.78 is 0. The predicted molar refractivity (Wildman–Crippen MR) is 126 cm³/mol. The fourth-order valence-electron chi connectivity index (χ4n) is 3.38. The van der Waals surface area contributed by atoms with E-state index in [4.69, 9.17) is 0 Å². The van der Waals surface area contributed by atoms with Crippen LogP contribution in [0.4, 0.5) is 5.13 Å². The molecule has 3 rings (SSSR count). The fraction of sp³-hybridized carbons (Fsp3) is 0.500. The molecule has 0 unspecified atom stereocenters. The Bertz CT molecular complexity index is 708. The maximum atomic E-state index is 4.63. The average Bonchev–Trinajstić information content (AvgIpc) is 3.14. The van der Waals surface area contributed by atoms with Crippen molar-refractivity contribution in [1.29, 1.82) is 0 Å². The Hall–Kier alpha value is -1.35. The first kappa shape index (κ1) is 21.9. The zero-order valence-corrected chi connectivity index (χ0v) is 19.5. The highest BCUT2D eigenvalue weighted by Crippen LogP contribution is 2.22. The summed E-state index contributed by atoms with van der Waals surface area (Å²) in [7, 11) is 5.91. The smallest absolute Gasteiger partial charge is 0.193 e. The second-order valence-corrected chi connectivity index (χ2v) is 7.87. The van der Waals surface area contributed by atoms with Gasteiger partial charge in [-0.2, -0.15) is 0 Å². The molecule has 1 saturated heterocycles. The van der Waals surface area contributed by atoms with Gasteiger partial charge in [0.2, 0.25) is 0 Å². The number of piperidine rings is 1. The summed E-state index contributed by atoms with van der Waals surface area (Å²) in [6.45, 7) is 2.86. The Morgan fingerprint density at radius 3 is 2.56 bits per heavy atom.